The Morgan fingerprint density at radius 3 is 2.42 bits per heavy atom. The van der Waals surface area contributed by atoms with Gasteiger partial charge in [-0.05, 0) is 50.1 Å². The van der Waals surface area contributed by atoms with E-state index >= 15 is 0 Å². The van der Waals surface area contributed by atoms with Crippen LogP contribution in [0.25, 0.3) is 10.2 Å². The van der Waals surface area contributed by atoms with E-state index in [-0.39, 0.29) is 18.5 Å². The summed E-state index contributed by atoms with van der Waals surface area (Å²) in [4.78, 5) is 20.2. The summed E-state index contributed by atoms with van der Waals surface area (Å²) >= 11 is 1.29. The van der Waals surface area contributed by atoms with E-state index in [0.29, 0.717) is 29.9 Å². The van der Waals surface area contributed by atoms with Crippen molar-refractivity contribution in [3.63, 3.8) is 0 Å². The molecule has 1 aliphatic rings. The van der Waals surface area contributed by atoms with Gasteiger partial charge in [0.2, 0.25) is 0 Å². The molecule has 9 heteroatoms. The molecule has 0 spiro atoms. The van der Waals surface area contributed by atoms with Gasteiger partial charge in [0.05, 0.1) is 22.2 Å². The lowest BCUT2D eigenvalue weighted by atomic mass is 10.0. The lowest BCUT2D eigenvalue weighted by Gasteiger charge is -2.44. The number of hydrogen-bond acceptors (Lipinski definition) is 5. The fraction of sp³-hybridized carbons (Fsp3) is 0.417. The summed E-state index contributed by atoms with van der Waals surface area (Å²) in [7, 11) is 0. The van der Waals surface area contributed by atoms with Crippen LogP contribution < -0.4 is 4.90 Å². The number of nitrogens with zero attached hydrogens (tertiary/aromatic N) is 3. The Bertz CT molecular complexity index is 1170. The summed E-state index contributed by atoms with van der Waals surface area (Å²) in [5.74, 6) is -0.847. The minimum Gasteiger partial charge on any atom is -0.481 e. The SMILES string of the molecule is Cc1cc(CC(=O)O)cc(CN2C(C)CN(c3nc4ccc(C(F)(F)F)cc4s3)CC2C)c1. The number of carbonyl (C=O) groups is 1. The van der Waals surface area contributed by atoms with Gasteiger partial charge in [-0.15, -0.1) is 0 Å². The third-order valence-electron chi connectivity index (χ3n) is 5.99. The third-order valence-corrected chi connectivity index (χ3v) is 7.07. The van der Waals surface area contributed by atoms with Crippen molar-refractivity contribution in [2.24, 2.45) is 0 Å². The molecule has 1 aliphatic heterocycles. The van der Waals surface area contributed by atoms with E-state index in [9.17, 15) is 18.0 Å². The van der Waals surface area contributed by atoms with Crippen molar-refractivity contribution in [2.75, 3.05) is 18.0 Å². The van der Waals surface area contributed by atoms with E-state index < -0.39 is 17.7 Å². The highest BCUT2D eigenvalue weighted by Gasteiger charge is 2.33. The molecule has 176 valence electrons. The Labute approximate surface area is 194 Å². The summed E-state index contributed by atoms with van der Waals surface area (Å²) < 4.78 is 39.7. The molecule has 2 aromatic carbocycles. The molecule has 2 unspecified atom stereocenters. The molecule has 1 N–H and O–H groups in total. The number of aryl methyl sites for hydroxylation is 1. The zero-order valence-corrected chi connectivity index (χ0v) is 19.5. The van der Waals surface area contributed by atoms with Crippen LogP contribution in [0, 0.1) is 6.92 Å². The van der Waals surface area contributed by atoms with Gasteiger partial charge >= 0.3 is 12.1 Å². The second kappa shape index (κ2) is 8.95. The Balaban J connectivity index is 1.50. The number of alkyl halides is 3. The minimum atomic E-state index is -4.37. The van der Waals surface area contributed by atoms with E-state index in [1.54, 1.807) is 0 Å². The first-order valence-electron chi connectivity index (χ1n) is 10.8. The summed E-state index contributed by atoms with van der Waals surface area (Å²) in [5, 5.41) is 9.86. The van der Waals surface area contributed by atoms with E-state index in [4.69, 9.17) is 5.11 Å². The van der Waals surface area contributed by atoms with Crippen LogP contribution in [0.2, 0.25) is 0 Å². The molecular formula is C24H26F3N3O2S. The quantitative estimate of drug-likeness (QED) is 0.537. The molecule has 2 heterocycles. The van der Waals surface area contributed by atoms with Crippen molar-refractivity contribution in [1.82, 2.24) is 9.88 Å². The number of aromatic nitrogens is 1. The second-order valence-electron chi connectivity index (χ2n) is 8.85. The molecule has 0 amide bonds. The number of carboxylic acid groups (broad SMARTS) is 1. The van der Waals surface area contributed by atoms with Gasteiger partial charge in [-0.3, -0.25) is 9.69 Å². The topological polar surface area (TPSA) is 56.7 Å². The molecule has 1 fully saturated rings. The van der Waals surface area contributed by atoms with E-state index in [1.807, 2.05) is 19.1 Å². The van der Waals surface area contributed by atoms with Gasteiger partial charge in [0.15, 0.2) is 5.13 Å². The van der Waals surface area contributed by atoms with Crippen LogP contribution in [0.4, 0.5) is 18.3 Å². The van der Waals surface area contributed by atoms with Gasteiger partial charge in [-0.1, -0.05) is 35.1 Å². The number of carboxylic acids is 1. The Hall–Kier alpha value is -2.65. The number of fused-ring (bicyclic) bond motifs is 1. The lowest BCUT2D eigenvalue weighted by molar-refractivity contribution is -0.138. The van der Waals surface area contributed by atoms with E-state index in [2.05, 4.69) is 34.7 Å². The van der Waals surface area contributed by atoms with E-state index in [0.717, 1.165) is 27.9 Å². The van der Waals surface area contributed by atoms with Crippen LogP contribution in [0.3, 0.4) is 0 Å². The van der Waals surface area contributed by atoms with Crippen LogP contribution in [0.15, 0.2) is 36.4 Å². The minimum absolute atomic E-state index is 0.00121. The molecule has 0 aliphatic carbocycles. The Kier molecular flexibility index (Phi) is 6.37. The van der Waals surface area contributed by atoms with Gasteiger partial charge in [-0.2, -0.15) is 13.2 Å². The van der Waals surface area contributed by atoms with Crippen molar-refractivity contribution in [3.8, 4) is 0 Å². The first-order chi connectivity index (χ1) is 15.5. The molecule has 3 aromatic rings. The maximum Gasteiger partial charge on any atom is 0.416 e. The maximum absolute atomic E-state index is 13.1. The molecule has 1 saturated heterocycles. The van der Waals surface area contributed by atoms with Gasteiger partial charge < -0.3 is 10.0 Å². The molecule has 0 bridgehead atoms. The standard InChI is InChI=1S/C24H26F3N3O2S/c1-14-6-17(9-22(31)32)8-18(7-14)13-30-15(2)11-29(12-16(30)3)23-28-20-5-4-19(24(25,26)27)10-21(20)33-23/h4-8,10,15-16H,9,11-13H2,1-3H3,(H,31,32). The smallest absolute Gasteiger partial charge is 0.416 e. The number of aliphatic carboxylic acids is 1. The average molecular weight is 478 g/mol. The lowest BCUT2D eigenvalue weighted by Crippen LogP contribution is -2.56. The number of thiazole rings is 1. The molecule has 1 aromatic heterocycles. The predicted octanol–water partition coefficient (Wildman–Crippen LogP) is 5.35. The predicted molar refractivity (Wildman–Crippen MR) is 124 cm³/mol. The first-order valence-corrected chi connectivity index (χ1v) is 11.6. The van der Waals surface area contributed by atoms with Gasteiger partial charge in [0.1, 0.15) is 0 Å². The van der Waals surface area contributed by atoms with Gasteiger partial charge in [0.25, 0.3) is 0 Å². The zero-order valence-electron chi connectivity index (χ0n) is 18.7. The van der Waals surface area contributed by atoms with Crippen molar-refractivity contribution >= 4 is 32.7 Å². The molecule has 33 heavy (non-hydrogen) atoms. The highest BCUT2D eigenvalue weighted by Crippen LogP contribution is 2.36. The maximum atomic E-state index is 13.1. The Morgan fingerprint density at radius 2 is 1.79 bits per heavy atom. The molecule has 4 rings (SSSR count). The normalized spacial score (nSPS) is 19.9. The van der Waals surface area contributed by atoms with Crippen LogP contribution in [-0.4, -0.2) is 46.1 Å². The average Bonchev–Trinajstić information content (AvgIpc) is 3.12. The fourth-order valence-corrected chi connectivity index (χ4v) is 5.60. The molecule has 5 nitrogen and oxygen atoms in total. The Morgan fingerprint density at radius 1 is 1.12 bits per heavy atom. The molecule has 2 atom stereocenters. The monoisotopic (exact) mass is 477 g/mol. The number of anilines is 1. The first kappa shape index (κ1) is 23.5. The highest BCUT2D eigenvalue weighted by molar-refractivity contribution is 7.22. The van der Waals surface area contributed by atoms with Crippen LogP contribution in [-0.2, 0) is 23.9 Å². The number of rotatable bonds is 5. The zero-order chi connectivity index (χ0) is 23.9. The number of piperazine rings is 1. The van der Waals surface area contributed by atoms with Crippen molar-refractivity contribution in [2.45, 2.75) is 52.0 Å². The number of hydrogen-bond donors (Lipinski definition) is 1. The van der Waals surface area contributed by atoms with Crippen LogP contribution in [0.5, 0.6) is 0 Å². The third kappa shape index (κ3) is 5.30. The van der Waals surface area contributed by atoms with E-state index in [1.165, 1.54) is 23.5 Å². The summed E-state index contributed by atoms with van der Waals surface area (Å²) in [6, 6.07) is 10.0. The highest BCUT2D eigenvalue weighted by atomic mass is 32.1. The molecule has 0 saturated carbocycles. The number of halogens is 3. The van der Waals surface area contributed by atoms with Crippen molar-refractivity contribution in [1.29, 1.82) is 0 Å². The van der Waals surface area contributed by atoms with Crippen molar-refractivity contribution in [3.05, 3.63) is 58.7 Å². The molecular weight excluding hydrogens is 451 g/mol. The summed E-state index contributed by atoms with van der Waals surface area (Å²) in [6.07, 6.45) is -4.37. The summed E-state index contributed by atoms with van der Waals surface area (Å²) in [6.45, 7) is 8.36. The number of benzene rings is 2. The van der Waals surface area contributed by atoms with Crippen molar-refractivity contribution < 1.29 is 23.1 Å². The summed E-state index contributed by atoms with van der Waals surface area (Å²) in [5.41, 5.74) is 2.84. The second-order valence-corrected chi connectivity index (χ2v) is 9.86. The largest absolute Gasteiger partial charge is 0.481 e. The fourth-order valence-electron chi connectivity index (χ4n) is 4.58. The van der Waals surface area contributed by atoms with Crippen LogP contribution >= 0.6 is 11.3 Å². The van der Waals surface area contributed by atoms with Gasteiger partial charge in [-0.25, -0.2) is 4.98 Å². The van der Waals surface area contributed by atoms with Crippen LogP contribution in [0.1, 0.15) is 36.1 Å². The van der Waals surface area contributed by atoms with Gasteiger partial charge in [0, 0.05) is 31.7 Å². The molecule has 0 radical (unpaired) electrons.